The Labute approximate surface area is 228 Å². The first-order valence-electron chi connectivity index (χ1n) is 13.7. The molecule has 0 aliphatic carbocycles. The minimum atomic E-state index is -0.618. The molecule has 0 aromatic heterocycles. The van der Waals surface area contributed by atoms with Gasteiger partial charge in [0.15, 0.2) is 0 Å². The number of hydrogen-bond donors (Lipinski definition) is 3. The zero-order valence-corrected chi connectivity index (χ0v) is 22.6. The maximum atomic E-state index is 13.0. The van der Waals surface area contributed by atoms with E-state index >= 15 is 0 Å². The topological polar surface area (TPSA) is 126 Å². The second-order valence-corrected chi connectivity index (χ2v) is 10.3. The van der Waals surface area contributed by atoms with Gasteiger partial charge in [0.1, 0.15) is 11.8 Å². The van der Waals surface area contributed by atoms with E-state index in [0.717, 1.165) is 43.6 Å². The summed E-state index contributed by atoms with van der Waals surface area (Å²) in [7, 11) is 1.64. The van der Waals surface area contributed by atoms with Gasteiger partial charge in [0.25, 0.3) is 5.91 Å². The molecule has 10 heteroatoms. The Balaban J connectivity index is 1.12. The lowest BCUT2D eigenvalue weighted by molar-refractivity contribution is -0.136. The molecule has 1 unspecified atom stereocenters. The predicted molar refractivity (Wildman–Crippen MR) is 149 cm³/mol. The standard InChI is InChI=1S/C29H37N5O5/c1-3-18-15-22(30)26(38-2)16-25(18)33-12-9-19(10-13-33)39-14-11-31-23-6-4-5-20-21(23)17-34(29(20)37)24-7-8-27(35)32-28(24)36/h4-6,15-16,19,24,31H,3,7-14,17,30H2,1-2H3,(H,32,35,36). The number of hydrogen-bond acceptors (Lipinski definition) is 8. The number of nitrogens with zero attached hydrogens (tertiary/aromatic N) is 2. The molecule has 1 atom stereocenters. The lowest BCUT2D eigenvalue weighted by atomic mass is 10.0. The summed E-state index contributed by atoms with van der Waals surface area (Å²) in [6.07, 6.45) is 3.57. The number of imide groups is 1. The van der Waals surface area contributed by atoms with Gasteiger partial charge in [0.05, 0.1) is 25.5 Å². The number of nitrogen functional groups attached to an aromatic ring is 1. The van der Waals surface area contributed by atoms with Crippen LogP contribution in [0.1, 0.15) is 54.1 Å². The summed E-state index contributed by atoms with van der Waals surface area (Å²) in [6, 6.07) is 9.03. The van der Waals surface area contributed by atoms with Crippen LogP contribution >= 0.6 is 0 Å². The van der Waals surface area contributed by atoms with Gasteiger partial charge in [-0.1, -0.05) is 13.0 Å². The Morgan fingerprint density at radius 1 is 1.13 bits per heavy atom. The van der Waals surface area contributed by atoms with Crippen molar-refractivity contribution in [1.29, 1.82) is 0 Å². The van der Waals surface area contributed by atoms with E-state index in [0.29, 0.717) is 43.1 Å². The maximum absolute atomic E-state index is 13.0. The molecule has 0 radical (unpaired) electrons. The Hall–Kier alpha value is -3.79. The fraction of sp³-hybridized carbons (Fsp3) is 0.483. The number of amides is 3. The average molecular weight is 536 g/mol. The van der Waals surface area contributed by atoms with E-state index in [2.05, 4.69) is 22.5 Å². The first-order valence-corrected chi connectivity index (χ1v) is 13.7. The van der Waals surface area contributed by atoms with Crippen LogP contribution in [0.3, 0.4) is 0 Å². The van der Waals surface area contributed by atoms with Crippen LogP contribution in [0.4, 0.5) is 17.1 Å². The molecule has 2 fully saturated rings. The van der Waals surface area contributed by atoms with Crippen LogP contribution in [0.5, 0.6) is 5.75 Å². The van der Waals surface area contributed by atoms with Crippen molar-refractivity contribution < 1.29 is 23.9 Å². The average Bonchev–Trinajstić information content (AvgIpc) is 3.28. The third-order valence-corrected chi connectivity index (χ3v) is 7.95. The van der Waals surface area contributed by atoms with Crippen LogP contribution in [0, 0.1) is 0 Å². The Morgan fingerprint density at radius 3 is 2.64 bits per heavy atom. The second-order valence-electron chi connectivity index (χ2n) is 10.3. The zero-order chi connectivity index (χ0) is 27.5. The molecule has 2 saturated heterocycles. The number of benzene rings is 2. The summed E-state index contributed by atoms with van der Waals surface area (Å²) in [5, 5.41) is 5.77. The van der Waals surface area contributed by atoms with Crippen LogP contribution in [-0.2, 0) is 27.3 Å². The van der Waals surface area contributed by atoms with Gasteiger partial charge in [0.2, 0.25) is 11.8 Å². The second kappa shape index (κ2) is 11.5. The molecule has 39 heavy (non-hydrogen) atoms. The molecule has 3 aliphatic rings. The quantitative estimate of drug-likeness (QED) is 0.254. The number of piperidine rings is 2. The van der Waals surface area contributed by atoms with Crippen molar-refractivity contribution in [1.82, 2.24) is 10.2 Å². The predicted octanol–water partition coefficient (Wildman–Crippen LogP) is 2.70. The van der Waals surface area contributed by atoms with Gasteiger partial charge in [0, 0.05) is 61.2 Å². The molecule has 4 N–H and O–H groups in total. The molecule has 3 aliphatic heterocycles. The zero-order valence-electron chi connectivity index (χ0n) is 22.6. The number of nitrogens with one attached hydrogen (secondary N) is 2. The molecular weight excluding hydrogens is 498 g/mol. The van der Waals surface area contributed by atoms with Crippen LogP contribution in [-0.4, -0.2) is 68.1 Å². The van der Waals surface area contributed by atoms with Crippen LogP contribution in [0.15, 0.2) is 30.3 Å². The summed E-state index contributed by atoms with van der Waals surface area (Å²) >= 11 is 0. The number of nitrogens with two attached hydrogens (primary N) is 1. The number of rotatable bonds is 9. The van der Waals surface area contributed by atoms with E-state index in [-0.39, 0.29) is 24.3 Å². The van der Waals surface area contributed by atoms with Crippen LogP contribution in [0.25, 0.3) is 0 Å². The molecule has 0 spiro atoms. The van der Waals surface area contributed by atoms with Crippen LogP contribution < -0.4 is 26.0 Å². The molecule has 208 valence electrons. The molecule has 5 rings (SSSR count). The summed E-state index contributed by atoms with van der Waals surface area (Å²) in [5.74, 6) is -0.149. The highest BCUT2D eigenvalue weighted by atomic mass is 16.5. The number of carbonyl (C=O) groups excluding carboxylic acids is 3. The fourth-order valence-corrected chi connectivity index (χ4v) is 5.81. The first kappa shape index (κ1) is 26.8. The Kier molecular flexibility index (Phi) is 7.92. The van der Waals surface area contributed by atoms with Crippen molar-refractivity contribution in [2.45, 2.75) is 57.7 Å². The van der Waals surface area contributed by atoms with Crippen molar-refractivity contribution in [2.24, 2.45) is 0 Å². The van der Waals surface area contributed by atoms with E-state index in [1.165, 1.54) is 11.3 Å². The molecule has 3 heterocycles. The summed E-state index contributed by atoms with van der Waals surface area (Å²) in [6.45, 7) is 5.45. The normalized spacial score (nSPS) is 19.7. The summed E-state index contributed by atoms with van der Waals surface area (Å²) in [4.78, 5) is 40.8. The minimum absolute atomic E-state index is 0.170. The van der Waals surface area contributed by atoms with Crippen molar-refractivity contribution in [2.75, 3.05) is 49.3 Å². The van der Waals surface area contributed by atoms with Gasteiger partial charge in [-0.2, -0.15) is 0 Å². The lowest BCUT2D eigenvalue weighted by Crippen LogP contribution is -2.52. The van der Waals surface area contributed by atoms with Crippen molar-refractivity contribution >= 4 is 34.8 Å². The molecule has 0 saturated carbocycles. The number of methoxy groups -OCH3 is 1. The van der Waals surface area contributed by atoms with Gasteiger partial charge in [-0.3, -0.25) is 19.7 Å². The van der Waals surface area contributed by atoms with Gasteiger partial charge in [-0.05, 0) is 49.4 Å². The molecule has 10 nitrogen and oxygen atoms in total. The maximum Gasteiger partial charge on any atom is 0.255 e. The number of fused-ring (bicyclic) bond motifs is 1. The highest BCUT2D eigenvalue weighted by Gasteiger charge is 2.39. The molecule has 0 bridgehead atoms. The molecule has 3 amide bonds. The van der Waals surface area contributed by atoms with E-state index in [1.54, 1.807) is 18.1 Å². The van der Waals surface area contributed by atoms with Crippen molar-refractivity contribution in [3.63, 3.8) is 0 Å². The van der Waals surface area contributed by atoms with E-state index in [1.807, 2.05) is 24.3 Å². The number of anilines is 3. The third kappa shape index (κ3) is 5.52. The summed E-state index contributed by atoms with van der Waals surface area (Å²) < 4.78 is 11.6. The SMILES string of the molecule is CCc1cc(N)c(OC)cc1N1CCC(OCCNc2cccc3c2CN(C2CCC(=O)NC2=O)C3=O)CC1. The lowest BCUT2D eigenvalue weighted by Gasteiger charge is -2.35. The van der Waals surface area contributed by atoms with E-state index < -0.39 is 11.9 Å². The highest BCUT2D eigenvalue weighted by Crippen LogP contribution is 2.34. The Bertz CT molecular complexity index is 1260. The van der Waals surface area contributed by atoms with Gasteiger partial charge in [-0.15, -0.1) is 0 Å². The molecule has 2 aromatic carbocycles. The smallest absolute Gasteiger partial charge is 0.255 e. The van der Waals surface area contributed by atoms with Crippen molar-refractivity contribution in [3.8, 4) is 5.75 Å². The van der Waals surface area contributed by atoms with Crippen molar-refractivity contribution in [3.05, 3.63) is 47.0 Å². The monoisotopic (exact) mass is 535 g/mol. The highest BCUT2D eigenvalue weighted by molar-refractivity contribution is 6.06. The largest absolute Gasteiger partial charge is 0.495 e. The molecular formula is C29H37N5O5. The Morgan fingerprint density at radius 2 is 1.92 bits per heavy atom. The van der Waals surface area contributed by atoms with Gasteiger partial charge < -0.3 is 30.3 Å². The number of ether oxygens (including phenoxy) is 2. The number of aryl methyl sites for hydroxylation is 1. The van der Waals surface area contributed by atoms with Gasteiger partial charge >= 0.3 is 0 Å². The van der Waals surface area contributed by atoms with Gasteiger partial charge in [-0.25, -0.2) is 0 Å². The fourth-order valence-electron chi connectivity index (χ4n) is 5.81. The van der Waals surface area contributed by atoms with Crippen LogP contribution in [0.2, 0.25) is 0 Å². The number of carbonyl (C=O) groups is 3. The van der Waals surface area contributed by atoms with E-state index in [9.17, 15) is 14.4 Å². The summed E-state index contributed by atoms with van der Waals surface area (Å²) in [5.41, 5.74) is 11.5. The minimum Gasteiger partial charge on any atom is -0.495 e. The molecule has 2 aromatic rings. The third-order valence-electron chi connectivity index (χ3n) is 7.95. The van der Waals surface area contributed by atoms with E-state index in [4.69, 9.17) is 15.2 Å². The first-order chi connectivity index (χ1) is 18.9.